The Hall–Kier alpha value is -2.61. The zero-order chi connectivity index (χ0) is 15.8. The summed E-state index contributed by atoms with van der Waals surface area (Å²) >= 11 is 0. The van der Waals surface area contributed by atoms with Crippen LogP contribution in [0.4, 0.5) is 10.5 Å². The Bertz CT molecular complexity index is 545. The van der Waals surface area contributed by atoms with E-state index in [9.17, 15) is 14.4 Å². The molecule has 0 aromatic heterocycles. The van der Waals surface area contributed by atoms with E-state index in [4.69, 9.17) is 15.6 Å². The van der Waals surface area contributed by atoms with Crippen molar-refractivity contribution < 1.29 is 24.2 Å². The smallest absolute Gasteiger partial charge is 0.336 e. The van der Waals surface area contributed by atoms with Crippen molar-refractivity contribution in [1.82, 2.24) is 5.32 Å². The largest absolute Gasteiger partial charge is 0.478 e. The Kier molecular flexibility index (Phi) is 6.15. The molecule has 0 fully saturated rings. The van der Waals surface area contributed by atoms with Gasteiger partial charge in [-0.2, -0.15) is 0 Å². The van der Waals surface area contributed by atoms with Crippen LogP contribution in [-0.4, -0.2) is 42.8 Å². The number of hydrogen-bond donors (Lipinski definition) is 4. The fraction of sp³-hybridized carbons (Fsp3) is 0.308. The SMILES string of the molecule is Cc1c(NC(=O)NCCOCC(N)=O)cccc1C(=O)O. The van der Waals surface area contributed by atoms with Gasteiger partial charge in [-0.25, -0.2) is 9.59 Å². The van der Waals surface area contributed by atoms with Gasteiger partial charge in [-0.05, 0) is 24.6 Å². The molecule has 0 aliphatic heterocycles. The third-order valence-corrected chi connectivity index (χ3v) is 2.59. The molecule has 0 unspecified atom stereocenters. The van der Waals surface area contributed by atoms with E-state index < -0.39 is 17.9 Å². The number of carbonyl (C=O) groups is 3. The van der Waals surface area contributed by atoms with Crippen LogP contribution in [0.15, 0.2) is 18.2 Å². The first kappa shape index (κ1) is 16.4. The Morgan fingerprint density at radius 1 is 1.33 bits per heavy atom. The molecule has 0 saturated heterocycles. The van der Waals surface area contributed by atoms with Crippen LogP contribution in [0.1, 0.15) is 15.9 Å². The van der Waals surface area contributed by atoms with Gasteiger partial charge in [0.2, 0.25) is 5.91 Å². The minimum atomic E-state index is -1.06. The summed E-state index contributed by atoms with van der Waals surface area (Å²) in [5, 5.41) is 14.0. The molecule has 1 rings (SSSR count). The highest BCUT2D eigenvalue weighted by atomic mass is 16.5. The summed E-state index contributed by atoms with van der Waals surface area (Å²) < 4.78 is 4.88. The zero-order valence-corrected chi connectivity index (χ0v) is 11.5. The number of carboxylic acid groups (broad SMARTS) is 1. The molecule has 3 amide bonds. The quantitative estimate of drug-likeness (QED) is 0.538. The summed E-state index contributed by atoms with van der Waals surface area (Å²) in [7, 11) is 0. The zero-order valence-electron chi connectivity index (χ0n) is 11.5. The topological polar surface area (TPSA) is 131 Å². The fourth-order valence-corrected chi connectivity index (χ4v) is 1.58. The van der Waals surface area contributed by atoms with Gasteiger partial charge in [-0.1, -0.05) is 6.07 Å². The monoisotopic (exact) mass is 295 g/mol. The number of primary amides is 1. The van der Waals surface area contributed by atoms with Gasteiger partial charge >= 0.3 is 12.0 Å². The number of anilines is 1. The number of aromatic carboxylic acids is 1. The van der Waals surface area contributed by atoms with Crippen molar-refractivity contribution in [1.29, 1.82) is 0 Å². The third kappa shape index (κ3) is 5.49. The number of carboxylic acids is 1. The molecule has 0 saturated carbocycles. The van der Waals surface area contributed by atoms with Gasteiger partial charge in [0, 0.05) is 12.2 Å². The highest BCUT2D eigenvalue weighted by molar-refractivity contribution is 5.95. The average Bonchev–Trinajstić information content (AvgIpc) is 2.40. The lowest BCUT2D eigenvalue weighted by atomic mass is 10.1. The Balaban J connectivity index is 2.46. The van der Waals surface area contributed by atoms with Gasteiger partial charge in [0.1, 0.15) is 6.61 Å². The van der Waals surface area contributed by atoms with E-state index in [-0.39, 0.29) is 25.3 Å². The summed E-state index contributed by atoms with van der Waals surface area (Å²) in [4.78, 5) is 33.0. The maximum absolute atomic E-state index is 11.6. The minimum absolute atomic E-state index is 0.123. The van der Waals surface area contributed by atoms with Crippen LogP contribution in [0.3, 0.4) is 0 Å². The van der Waals surface area contributed by atoms with Gasteiger partial charge in [0.25, 0.3) is 0 Å². The molecule has 0 atom stereocenters. The lowest BCUT2D eigenvalue weighted by Crippen LogP contribution is -2.32. The predicted octanol–water partition coefficient (Wildman–Crippen LogP) is 0.317. The Labute approximate surface area is 121 Å². The van der Waals surface area contributed by atoms with Crippen LogP contribution in [0, 0.1) is 6.92 Å². The van der Waals surface area contributed by atoms with E-state index in [0.29, 0.717) is 11.3 Å². The van der Waals surface area contributed by atoms with Crippen LogP contribution in [0.25, 0.3) is 0 Å². The number of amides is 3. The molecule has 8 nitrogen and oxygen atoms in total. The van der Waals surface area contributed by atoms with Crippen molar-refractivity contribution in [2.45, 2.75) is 6.92 Å². The molecule has 5 N–H and O–H groups in total. The molecule has 1 aromatic carbocycles. The van der Waals surface area contributed by atoms with Crippen LogP contribution in [0.2, 0.25) is 0 Å². The standard InChI is InChI=1S/C13H17N3O5/c1-8-9(12(18)19)3-2-4-10(8)16-13(20)15-5-6-21-7-11(14)17/h2-4H,5-7H2,1H3,(H2,14,17)(H,18,19)(H2,15,16,20). The molecule has 1 aromatic rings. The van der Waals surface area contributed by atoms with E-state index in [1.165, 1.54) is 6.07 Å². The molecule has 21 heavy (non-hydrogen) atoms. The van der Waals surface area contributed by atoms with Crippen LogP contribution in [-0.2, 0) is 9.53 Å². The number of nitrogens with one attached hydrogen (secondary N) is 2. The summed E-state index contributed by atoms with van der Waals surface area (Å²) in [6.07, 6.45) is 0. The first-order valence-electron chi connectivity index (χ1n) is 6.15. The van der Waals surface area contributed by atoms with Crippen LogP contribution in [0.5, 0.6) is 0 Å². The molecule has 114 valence electrons. The molecule has 0 spiro atoms. The summed E-state index contributed by atoms with van der Waals surface area (Å²) in [6.45, 7) is 1.74. The molecule has 0 heterocycles. The maximum atomic E-state index is 11.6. The van der Waals surface area contributed by atoms with Crippen LogP contribution >= 0.6 is 0 Å². The van der Waals surface area contributed by atoms with Crippen molar-refractivity contribution in [2.75, 3.05) is 25.1 Å². The second-order valence-corrected chi connectivity index (χ2v) is 4.18. The first-order chi connectivity index (χ1) is 9.91. The molecular weight excluding hydrogens is 278 g/mol. The number of urea groups is 1. The summed E-state index contributed by atoms with van der Waals surface area (Å²) in [5.74, 6) is -1.64. The van der Waals surface area contributed by atoms with Gasteiger partial charge in [0.15, 0.2) is 0 Å². The number of hydrogen-bond acceptors (Lipinski definition) is 4. The van der Waals surface area contributed by atoms with E-state index in [2.05, 4.69) is 10.6 Å². The van der Waals surface area contributed by atoms with E-state index in [0.717, 1.165) is 0 Å². The minimum Gasteiger partial charge on any atom is -0.478 e. The van der Waals surface area contributed by atoms with Crippen molar-refractivity contribution in [3.05, 3.63) is 29.3 Å². The highest BCUT2D eigenvalue weighted by Crippen LogP contribution is 2.18. The summed E-state index contributed by atoms with van der Waals surface area (Å²) in [5.41, 5.74) is 5.87. The molecule has 0 bridgehead atoms. The van der Waals surface area contributed by atoms with Crippen molar-refractivity contribution in [3.63, 3.8) is 0 Å². The molecular formula is C13H17N3O5. The van der Waals surface area contributed by atoms with Crippen molar-refractivity contribution in [2.24, 2.45) is 5.73 Å². The number of rotatable bonds is 7. The highest BCUT2D eigenvalue weighted by Gasteiger charge is 2.11. The summed E-state index contributed by atoms with van der Waals surface area (Å²) in [6, 6.07) is 4.11. The van der Waals surface area contributed by atoms with E-state index in [1.807, 2.05) is 0 Å². The van der Waals surface area contributed by atoms with E-state index in [1.54, 1.807) is 19.1 Å². The lowest BCUT2D eigenvalue weighted by Gasteiger charge is -2.11. The van der Waals surface area contributed by atoms with Crippen molar-refractivity contribution in [3.8, 4) is 0 Å². The van der Waals surface area contributed by atoms with Crippen LogP contribution < -0.4 is 16.4 Å². The predicted molar refractivity (Wildman–Crippen MR) is 75.2 cm³/mol. The van der Waals surface area contributed by atoms with Gasteiger partial charge in [0.05, 0.1) is 12.2 Å². The fourth-order valence-electron chi connectivity index (χ4n) is 1.58. The number of ether oxygens (including phenoxy) is 1. The maximum Gasteiger partial charge on any atom is 0.336 e. The van der Waals surface area contributed by atoms with Gasteiger partial charge in [-0.15, -0.1) is 0 Å². The molecule has 0 radical (unpaired) electrons. The molecule has 0 aliphatic carbocycles. The van der Waals surface area contributed by atoms with Gasteiger partial charge < -0.3 is 26.2 Å². The first-order valence-corrected chi connectivity index (χ1v) is 6.15. The number of benzene rings is 1. The molecule has 8 heteroatoms. The van der Waals surface area contributed by atoms with Crippen molar-refractivity contribution >= 4 is 23.6 Å². The number of nitrogens with two attached hydrogens (primary N) is 1. The van der Waals surface area contributed by atoms with E-state index >= 15 is 0 Å². The molecule has 0 aliphatic rings. The normalized spacial score (nSPS) is 9.95. The number of carbonyl (C=O) groups excluding carboxylic acids is 2. The Morgan fingerprint density at radius 3 is 2.67 bits per heavy atom. The second kappa shape index (κ2) is 7.85. The average molecular weight is 295 g/mol. The lowest BCUT2D eigenvalue weighted by molar-refractivity contribution is -0.122. The third-order valence-electron chi connectivity index (χ3n) is 2.59. The Morgan fingerprint density at radius 2 is 2.05 bits per heavy atom. The van der Waals surface area contributed by atoms with Gasteiger partial charge in [-0.3, -0.25) is 4.79 Å². The second-order valence-electron chi connectivity index (χ2n) is 4.18.